The number of hydrogen-bond acceptors (Lipinski definition) is 3. The number of benzene rings is 1. The summed E-state index contributed by atoms with van der Waals surface area (Å²) in [5.74, 6) is 0.0705. The van der Waals surface area contributed by atoms with Gasteiger partial charge in [-0.2, -0.15) is 5.10 Å². The molecule has 1 atom stereocenters. The molecule has 1 amide bonds. The van der Waals surface area contributed by atoms with Gasteiger partial charge in [0.25, 0.3) is 5.91 Å². The minimum Gasteiger partial charge on any atom is -0.334 e. The number of rotatable bonds is 3. The third kappa shape index (κ3) is 2.44. The Morgan fingerprint density at radius 1 is 1.33 bits per heavy atom. The Labute approximate surface area is 123 Å². The van der Waals surface area contributed by atoms with Crippen molar-refractivity contribution in [3.63, 3.8) is 0 Å². The molecule has 0 aliphatic carbocycles. The van der Waals surface area contributed by atoms with Crippen LogP contribution in [0.5, 0.6) is 0 Å². The Hall–Kier alpha value is -2.17. The van der Waals surface area contributed by atoms with Gasteiger partial charge in [0.15, 0.2) is 5.69 Å². The van der Waals surface area contributed by atoms with Crippen molar-refractivity contribution < 1.29 is 9.59 Å². The van der Waals surface area contributed by atoms with E-state index >= 15 is 0 Å². The number of fused-ring (bicyclic) bond motifs is 1. The molecule has 110 valence electrons. The fraction of sp³-hybridized carbons (Fsp3) is 0.438. The summed E-state index contributed by atoms with van der Waals surface area (Å²) in [6.45, 7) is 2.29. The Bertz CT molecular complexity index is 705. The van der Waals surface area contributed by atoms with Gasteiger partial charge in [-0.25, -0.2) is 0 Å². The van der Waals surface area contributed by atoms with Crippen molar-refractivity contribution in [2.75, 3.05) is 6.54 Å². The standard InChI is InChI=1S/C16H19N3O2/c1-11(20)10-12-6-5-9-19(12)16(21)15-13-7-3-4-8-14(13)18(2)17-15/h3-4,7-8,12H,5-6,9-10H2,1-2H3. The van der Waals surface area contributed by atoms with Crippen LogP contribution >= 0.6 is 0 Å². The minimum absolute atomic E-state index is 0.0239. The molecule has 3 rings (SSSR count). The smallest absolute Gasteiger partial charge is 0.275 e. The van der Waals surface area contributed by atoms with Gasteiger partial charge in [0.1, 0.15) is 5.78 Å². The highest BCUT2D eigenvalue weighted by Gasteiger charge is 2.32. The molecule has 5 heteroatoms. The number of ketones is 1. The maximum absolute atomic E-state index is 12.8. The molecule has 1 aliphatic rings. The lowest BCUT2D eigenvalue weighted by atomic mass is 10.1. The fourth-order valence-corrected chi connectivity index (χ4v) is 3.15. The van der Waals surface area contributed by atoms with Crippen LogP contribution in [0.1, 0.15) is 36.7 Å². The Balaban J connectivity index is 1.95. The molecular formula is C16H19N3O2. The predicted molar refractivity (Wildman–Crippen MR) is 80.1 cm³/mol. The summed E-state index contributed by atoms with van der Waals surface area (Å²) in [6, 6.07) is 7.75. The van der Waals surface area contributed by atoms with Crippen LogP contribution in [-0.2, 0) is 11.8 Å². The number of likely N-dealkylation sites (tertiary alicyclic amines) is 1. The second kappa shape index (κ2) is 5.31. The molecule has 0 radical (unpaired) electrons. The van der Waals surface area contributed by atoms with E-state index in [1.165, 1.54) is 0 Å². The first-order valence-electron chi connectivity index (χ1n) is 7.30. The lowest BCUT2D eigenvalue weighted by molar-refractivity contribution is -0.117. The highest BCUT2D eigenvalue weighted by atomic mass is 16.2. The molecule has 5 nitrogen and oxygen atoms in total. The normalized spacial score (nSPS) is 18.4. The number of hydrogen-bond donors (Lipinski definition) is 0. The molecule has 0 saturated carbocycles. The van der Waals surface area contributed by atoms with Gasteiger partial charge < -0.3 is 4.90 Å². The molecular weight excluding hydrogens is 266 g/mol. The van der Waals surface area contributed by atoms with E-state index in [0.29, 0.717) is 18.7 Å². The zero-order chi connectivity index (χ0) is 15.0. The second-order valence-corrected chi connectivity index (χ2v) is 5.69. The van der Waals surface area contributed by atoms with E-state index in [1.54, 1.807) is 11.6 Å². The summed E-state index contributed by atoms with van der Waals surface area (Å²) in [7, 11) is 1.84. The van der Waals surface area contributed by atoms with Crippen molar-refractivity contribution in [1.29, 1.82) is 0 Å². The molecule has 0 N–H and O–H groups in total. The van der Waals surface area contributed by atoms with Gasteiger partial charge >= 0.3 is 0 Å². The van der Waals surface area contributed by atoms with Gasteiger partial charge in [-0.3, -0.25) is 14.3 Å². The summed E-state index contributed by atoms with van der Waals surface area (Å²) >= 11 is 0. The number of carbonyl (C=O) groups excluding carboxylic acids is 2. The Kier molecular flexibility index (Phi) is 3.49. The van der Waals surface area contributed by atoms with Crippen molar-refractivity contribution in [2.45, 2.75) is 32.2 Å². The average molecular weight is 285 g/mol. The van der Waals surface area contributed by atoms with Crippen molar-refractivity contribution in [3.05, 3.63) is 30.0 Å². The number of aromatic nitrogens is 2. The maximum atomic E-state index is 12.8. The monoisotopic (exact) mass is 285 g/mol. The molecule has 1 unspecified atom stereocenters. The highest BCUT2D eigenvalue weighted by molar-refractivity contribution is 6.05. The van der Waals surface area contributed by atoms with Gasteiger partial charge in [-0.1, -0.05) is 18.2 Å². The van der Waals surface area contributed by atoms with E-state index < -0.39 is 0 Å². The summed E-state index contributed by atoms with van der Waals surface area (Å²) in [5, 5.41) is 5.26. The van der Waals surface area contributed by atoms with Gasteiger partial charge in [0, 0.05) is 31.4 Å². The molecule has 1 aromatic carbocycles. The Morgan fingerprint density at radius 2 is 2.10 bits per heavy atom. The molecule has 1 saturated heterocycles. The van der Waals surface area contributed by atoms with E-state index in [0.717, 1.165) is 23.7 Å². The van der Waals surface area contributed by atoms with Crippen LogP contribution in [0.15, 0.2) is 24.3 Å². The summed E-state index contributed by atoms with van der Waals surface area (Å²) in [5.41, 5.74) is 1.44. The molecule has 2 heterocycles. The first-order chi connectivity index (χ1) is 10.1. The van der Waals surface area contributed by atoms with Crippen LogP contribution in [-0.4, -0.2) is 39.0 Å². The molecule has 1 aliphatic heterocycles. The van der Waals surface area contributed by atoms with Gasteiger partial charge in [-0.05, 0) is 25.8 Å². The molecule has 0 spiro atoms. The molecule has 21 heavy (non-hydrogen) atoms. The van der Waals surface area contributed by atoms with Crippen molar-refractivity contribution in [1.82, 2.24) is 14.7 Å². The van der Waals surface area contributed by atoms with E-state index in [9.17, 15) is 9.59 Å². The quantitative estimate of drug-likeness (QED) is 0.868. The number of amides is 1. The first kappa shape index (κ1) is 13.8. The minimum atomic E-state index is -0.0597. The third-order valence-electron chi connectivity index (χ3n) is 4.12. The van der Waals surface area contributed by atoms with Crippen LogP contribution in [0.4, 0.5) is 0 Å². The zero-order valence-electron chi connectivity index (χ0n) is 12.4. The lowest BCUT2D eigenvalue weighted by Gasteiger charge is -2.23. The lowest BCUT2D eigenvalue weighted by Crippen LogP contribution is -2.37. The van der Waals surface area contributed by atoms with E-state index in [-0.39, 0.29) is 17.7 Å². The van der Waals surface area contributed by atoms with Crippen LogP contribution < -0.4 is 0 Å². The number of para-hydroxylation sites is 1. The van der Waals surface area contributed by atoms with E-state index in [2.05, 4.69) is 5.10 Å². The average Bonchev–Trinajstić information content (AvgIpc) is 3.03. The van der Waals surface area contributed by atoms with Crippen LogP contribution in [0.25, 0.3) is 10.9 Å². The van der Waals surface area contributed by atoms with Crippen LogP contribution in [0.3, 0.4) is 0 Å². The summed E-state index contributed by atoms with van der Waals surface area (Å²) in [4.78, 5) is 26.0. The number of Topliss-reactive ketones (excluding diaryl/α,β-unsaturated/α-hetero) is 1. The predicted octanol–water partition coefficient (Wildman–Crippen LogP) is 2.16. The molecule has 1 fully saturated rings. The maximum Gasteiger partial charge on any atom is 0.275 e. The topological polar surface area (TPSA) is 55.2 Å². The van der Waals surface area contributed by atoms with Gasteiger partial charge in [-0.15, -0.1) is 0 Å². The van der Waals surface area contributed by atoms with E-state index in [4.69, 9.17) is 0 Å². The number of nitrogens with zero attached hydrogens (tertiary/aromatic N) is 3. The summed E-state index contributed by atoms with van der Waals surface area (Å²) in [6.07, 6.45) is 2.29. The molecule has 0 bridgehead atoms. The second-order valence-electron chi connectivity index (χ2n) is 5.69. The third-order valence-corrected chi connectivity index (χ3v) is 4.12. The number of aryl methyl sites for hydroxylation is 1. The zero-order valence-corrected chi connectivity index (χ0v) is 12.4. The highest BCUT2D eigenvalue weighted by Crippen LogP contribution is 2.25. The van der Waals surface area contributed by atoms with Crippen LogP contribution in [0.2, 0.25) is 0 Å². The van der Waals surface area contributed by atoms with Crippen molar-refractivity contribution in [2.24, 2.45) is 7.05 Å². The van der Waals surface area contributed by atoms with Gasteiger partial charge in [0.2, 0.25) is 0 Å². The Morgan fingerprint density at radius 3 is 2.86 bits per heavy atom. The van der Waals surface area contributed by atoms with E-state index in [1.807, 2.05) is 36.2 Å². The van der Waals surface area contributed by atoms with Gasteiger partial charge in [0.05, 0.1) is 5.52 Å². The SMILES string of the molecule is CC(=O)CC1CCCN1C(=O)c1nn(C)c2ccccc12. The first-order valence-corrected chi connectivity index (χ1v) is 7.30. The number of carbonyl (C=O) groups is 2. The van der Waals surface area contributed by atoms with Crippen molar-refractivity contribution >= 4 is 22.6 Å². The molecule has 2 aromatic rings. The molecule has 1 aromatic heterocycles. The van der Waals surface area contributed by atoms with Crippen LogP contribution in [0, 0.1) is 0 Å². The fourth-order valence-electron chi connectivity index (χ4n) is 3.15. The summed E-state index contributed by atoms with van der Waals surface area (Å²) < 4.78 is 1.73. The largest absolute Gasteiger partial charge is 0.334 e. The van der Waals surface area contributed by atoms with Crippen molar-refractivity contribution in [3.8, 4) is 0 Å².